The number of aliphatic carboxylic acids is 1. The standard InChI is InChI=1S/C18H24FNO4/c1-13(15-4-2-3-5-16(15)19)12-17(21)20(9-6-18(22)23)14-7-10-24-11-8-14/h2-5,13-14H,6-12H2,1H3,(H,22,23)/t13-/m0/s1. The van der Waals surface area contributed by atoms with Gasteiger partial charge in [-0.1, -0.05) is 25.1 Å². The minimum absolute atomic E-state index is 0.00146. The zero-order chi connectivity index (χ0) is 17.5. The molecule has 5 nitrogen and oxygen atoms in total. The van der Waals surface area contributed by atoms with E-state index < -0.39 is 5.97 Å². The van der Waals surface area contributed by atoms with Crippen molar-refractivity contribution < 1.29 is 23.8 Å². The van der Waals surface area contributed by atoms with Gasteiger partial charge in [-0.3, -0.25) is 9.59 Å². The Morgan fingerprint density at radius 2 is 2.00 bits per heavy atom. The number of carboxylic acid groups (broad SMARTS) is 1. The first-order valence-electron chi connectivity index (χ1n) is 8.32. The van der Waals surface area contributed by atoms with E-state index in [1.165, 1.54) is 6.07 Å². The largest absolute Gasteiger partial charge is 0.481 e. The van der Waals surface area contributed by atoms with Crippen LogP contribution in [0, 0.1) is 5.82 Å². The van der Waals surface area contributed by atoms with Crippen molar-refractivity contribution in [2.45, 2.75) is 44.6 Å². The van der Waals surface area contributed by atoms with Crippen LogP contribution >= 0.6 is 0 Å². The minimum Gasteiger partial charge on any atom is -0.481 e. The molecule has 24 heavy (non-hydrogen) atoms. The summed E-state index contributed by atoms with van der Waals surface area (Å²) >= 11 is 0. The normalized spacial score (nSPS) is 16.6. The molecule has 132 valence electrons. The van der Waals surface area contributed by atoms with Gasteiger partial charge >= 0.3 is 5.97 Å². The predicted octanol–water partition coefficient (Wildman–Crippen LogP) is 2.80. The van der Waals surface area contributed by atoms with E-state index >= 15 is 0 Å². The predicted molar refractivity (Wildman–Crippen MR) is 87.2 cm³/mol. The van der Waals surface area contributed by atoms with E-state index in [9.17, 15) is 14.0 Å². The summed E-state index contributed by atoms with van der Waals surface area (Å²) < 4.78 is 19.2. The third kappa shape index (κ3) is 5.03. The van der Waals surface area contributed by atoms with Crippen molar-refractivity contribution in [2.24, 2.45) is 0 Å². The molecule has 0 aliphatic carbocycles. The summed E-state index contributed by atoms with van der Waals surface area (Å²) in [6.07, 6.45) is 1.49. The van der Waals surface area contributed by atoms with Gasteiger partial charge < -0.3 is 14.7 Å². The lowest BCUT2D eigenvalue weighted by atomic mass is 9.95. The van der Waals surface area contributed by atoms with Crippen LogP contribution < -0.4 is 0 Å². The number of hydrogen-bond donors (Lipinski definition) is 1. The van der Waals surface area contributed by atoms with Crippen molar-refractivity contribution in [3.05, 3.63) is 35.6 Å². The molecule has 1 aliphatic rings. The van der Waals surface area contributed by atoms with Gasteiger partial charge in [-0.2, -0.15) is 0 Å². The number of rotatable bonds is 7. The summed E-state index contributed by atoms with van der Waals surface area (Å²) in [7, 11) is 0. The van der Waals surface area contributed by atoms with Crippen molar-refractivity contribution in [1.29, 1.82) is 0 Å². The highest BCUT2D eigenvalue weighted by Crippen LogP contribution is 2.24. The lowest BCUT2D eigenvalue weighted by Gasteiger charge is -2.34. The van der Waals surface area contributed by atoms with Crippen LogP contribution in [0.25, 0.3) is 0 Å². The topological polar surface area (TPSA) is 66.8 Å². The van der Waals surface area contributed by atoms with Crippen LogP contribution in [0.2, 0.25) is 0 Å². The van der Waals surface area contributed by atoms with Gasteiger partial charge in [-0.15, -0.1) is 0 Å². The van der Waals surface area contributed by atoms with Gasteiger partial charge in [0.25, 0.3) is 0 Å². The van der Waals surface area contributed by atoms with E-state index in [1.807, 2.05) is 6.92 Å². The molecular weight excluding hydrogens is 313 g/mol. The number of amides is 1. The Morgan fingerprint density at radius 3 is 2.62 bits per heavy atom. The van der Waals surface area contributed by atoms with Gasteiger partial charge in [-0.05, 0) is 30.4 Å². The summed E-state index contributed by atoms with van der Waals surface area (Å²) in [6, 6.07) is 6.44. The molecule has 0 bridgehead atoms. The molecular formula is C18H24FNO4. The fourth-order valence-corrected chi connectivity index (χ4v) is 3.09. The molecule has 1 N–H and O–H groups in total. The summed E-state index contributed by atoms with van der Waals surface area (Å²) in [5.41, 5.74) is 0.510. The number of carbonyl (C=O) groups is 2. The number of benzene rings is 1. The van der Waals surface area contributed by atoms with Crippen LogP contribution in [-0.4, -0.2) is 47.7 Å². The van der Waals surface area contributed by atoms with E-state index in [0.29, 0.717) is 31.6 Å². The number of hydrogen-bond acceptors (Lipinski definition) is 3. The molecule has 0 radical (unpaired) electrons. The Hall–Kier alpha value is -1.95. The second-order valence-corrected chi connectivity index (χ2v) is 6.20. The highest BCUT2D eigenvalue weighted by molar-refractivity contribution is 5.78. The van der Waals surface area contributed by atoms with Crippen LogP contribution in [0.15, 0.2) is 24.3 Å². The Bertz CT molecular complexity index is 572. The van der Waals surface area contributed by atoms with Crippen LogP contribution in [0.3, 0.4) is 0 Å². The summed E-state index contributed by atoms with van der Waals surface area (Å²) in [5.74, 6) is -1.63. The lowest BCUT2D eigenvalue weighted by Crippen LogP contribution is -2.44. The highest BCUT2D eigenvalue weighted by Gasteiger charge is 2.27. The van der Waals surface area contributed by atoms with Crippen molar-refractivity contribution in [3.63, 3.8) is 0 Å². The molecule has 1 aromatic carbocycles. The van der Waals surface area contributed by atoms with E-state index in [0.717, 1.165) is 0 Å². The molecule has 1 fully saturated rings. The molecule has 0 spiro atoms. The molecule has 0 unspecified atom stereocenters. The number of halogens is 1. The second kappa shape index (κ2) is 8.78. The maximum Gasteiger partial charge on any atom is 0.305 e. The van der Waals surface area contributed by atoms with Crippen molar-refractivity contribution in [1.82, 2.24) is 4.90 Å². The SMILES string of the molecule is C[C@@H](CC(=O)N(CCC(=O)O)C1CCOCC1)c1ccccc1F. The first-order chi connectivity index (χ1) is 11.5. The Balaban J connectivity index is 2.05. The van der Waals surface area contributed by atoms with Gasteiger partial charge in [0, 0.05) is 32.2 Å². The molecule has 0 aromatic heterocycles. The maximum atomic E-state index is 13.9. The Kier molecular flexibility index (Phi) is 6.73. The lowest BCUT2D eigenvalue weighted by molar-refractivity contribution is -0.140. The molecule has 1 amide bonds. The monoisotopic (exact) mass is 337 g/mol. The molecule has 0 saturated carbocycles. The second-order valence-electron chi connectivity index (χ2n) is 6.20. The molecule has 1 aromatic rings. The van der Waals surface area contributed by atoms with Crippen LogP contribution in [-0.2, 0) is 14.3 Å². The zero-order valence-corrected chi connectivity index (χ0v) is 13.9. The molecule has 1 atom stereocenters. The molecule has 6 heteroatoms. The van der Waals surface area contributed by atoms with Crippen LogP contribution in [0.1, 0.15) is 44.1 Å². The van der Waals surface area contributed by atoms with Crippen LogP contribution in [0.4, 0.5) is 4.39 Å². The van der Waals surface area contributed by atoms with E-state index in [2.05, 4.69) is 0 Å². The van der Waals surface area contributed by atoms with Gasteiger partial charge in [0.05, 0.1) is 6.42 Å². The Labute approximate surface area is 141 Å². The molecule has 1 aliphatic heterocycles. The summed E-state index contributed by atoms with van der Waals surface area (Å²) in [6.45, 7) is 3.15. The quantitative estimate of drug-likeness (QED) is 0.831. The number of nitrogens with zero attached hydrogens (tertiary/aromatic N) is 1. The summed E-state index contributed by atoms with van der Waals surface area (Å²) in [4.78, 5) is 25.3. The van der Waals surface area contributed by atoms with E-state index in [1.54, 1.807) is 23.1 Å². The van der Waals surface area contributed by atoms with Gasteiger partial charge in [0.2, 0.25) is 5.91 Å². The molecule has 2 rings (SSSR count). The third-order valence-electron chi connectivity index (χ3n) is 4.44. The zero-order valence-electron chi connectivity index (χ0n) is 13.9. The third-order valence-corrected chi connectivity index (χ3v) is 4.44. The van der Waals surface area contributed by atoms with Crippen molar-refractivity contribution in [2.75, 3.05) is 19.8 Å². The summed E-state index contributed by atoms with van der Waals surface area (Å²) in [5, 5.41) is 8.93. The van der Waals surface area contributed by atoms with Crippen LogP contribution in [0.5, 0.6) is 0 Å². The van der Waals surface area contributed by atoms with Crippen molar-refractivity contribution >= 4 is 11.9 Å². The van der Waals surface area contributed by atoms with E-state index in [-0.39, 0.29) is 43.1 Å². The highest BCUT2D eigenvalue weighted by atomic mass is 19.1. The number of carboxylic acids is 1. The first kappa shape index (κ1) is 18.4. The number of ether oxygens (including phenoxy) is 1. The maximum absolute atomic E-state index is 13.9. The average Bonchev–Trinajstić information content (AvgIpc) is 2.56. The average molecular weight is 337 g/mol. The minimum atomic E-state index is -0.929. The molecule has 1 heterocycles. The smallest absolute Gasteiger partial charge is 0.305 e. The first-order valence-corrected chi connectivity index (χ1v) is 8.32. The van der Waals surface area contributed by atoms with E-state index in [4.69, 9.17) is 9.84 Å². The fourth-order valence-electron chi connectivity index (χ4n) is 3.09. The molecule has 1 saturated heterocycles. The van der Waals surface area contributed by atoms with Gasteiger partial charge in [0.1, 0.15) is 5.82 Å². The fraction of sp³-hybridized carbons (Fsp3) is 0.556. The Morgan fingerprint density at radius 1 is 1.33 bits per heavy atom. The number of carbonyl (C=O) groups excluding carboxylic acids is 1. The van der Waals surface area contributed by atoms with Crippen molar-refractivity contribution in [3.8, 4) is 0 Å². The van der Waals surface area contributed by atoms with Gasteiger partial charge in [-0.25, -0.2) is 4.39 Å². The van der Waals surface area contributed by atoms with Gasteiger partial charge in [0.15, 0.2) is 0 Å².